The molecule has 15 heavy (non-hydrogen) atoms. The molecule has 2 unspecified atom stereocenters. The number of rotatable bonds is 5. The Balaban J connectivity index is 1.87. The maximum atomic E-state index is 4.29. The average molecular weight is 207 g/mol. The van der Waals surface area contributed by atoms with Crippen molar-refractivity contribution in [3.05, 3.63) is 18.2 Å². The van der Waals surface area contributed by atoms with Gasteiger partial charge in [-0.25, -0.2) is 4.98 Å². The molecule has 0 spiro atoms. The molecule has 1 saturated carbocycles. The van der Waals surface area contributed by atoms with Gasteiger partial charge in [-0.1, -0.05) is 6.92 Å². The summed E-state index contributed by atoms with van der Waals surface area (Å²) in [5.74, 6) is 1.96. The lowest BCUT2D eigenvalue weighted by Crippen LogP contribution is -2.37. The lowest BCUT2D eigenvalue weighted by atomic mass is 9.79. The van der Waals surface area contributed by atoms with E-state index in [4.69, 9.17) is 0 Å². The van der Waals surface area contributed by atoms with Gasteiger partial charge in [-0.2, -0.15) is 0 Å². The van der Waals surface area contributed by atoms with Gasteiger partial charge < -0.3 is 9.88 Å². The number of nitrogens with one attached hydrogen (secondary N) is 1. The minimum absolute atomic E-state index is 0.692. The zero-order chi connectivity index (χ0) is 10.7. The number of nitrogens with zero attached hydrogens (tertiary/aromatic N) is 2. The second-order valence-corrected chi connectivity index (χ2v) is 4.49. The normalized spacial score (nSPS) is 25.2. The molecule has 2 rings (SSSR count). The summed E-state index contributed by atoms with van der Waals surface area (Å²) in [6.45, 7) is 6.61. The van der Waals surface area contributed by atoms with Crippen LogP contribution in [0.3, 0.4) is 0 Å². The van der Waals surface area contributed by atoms with Crippen LogP contribution in [0.5, 0.6) is 0 Å². The van der Waals surface area contributed by atoms with Gasteiger partial charge in [0, 0.05) is 18.4 Å². The van der Waals surface area contributed by atoms with Crippen molar-refractivity contribution in [1.29, 1.82) is 0 Å². The van der Waals surface area contributed by atoms with E-state index < -0.39 is 0 Å². The van der Waals surface area contributed by atoms with Crippen LogP contribution < -0.4 is 5.32 Å². The Kier molecular flexibility index (Phi) is 3.41. The molecule has 84 valence electrons. The number of hydrogen-bond acceptors (Lipinski definition) is 2. The predicted molar refractivity (Wildman–Crippen MR) is 61.9 cm³/mol. The fraction of sp³-hybridized carbons (Fsp3) is 0.750. The molecule has 0 radical (unpaired) electrons. The van der Waals surface area contributed by atoms with Crippen molar-refractivity contribution in [2.24, 2.45) is 5.92 Å². The van der Waals surface area contributed by atoms with Crippen molar-refractivity contribution in [2.45, 2.75) is 39.2 Å². The molecule has 1 heterocycles. The summed E-state index contributed by atoms with van der Waals surface area (Å²) in [6.07, 6.45) is 7.92. The molecule has 0 amide bonds. The highest BCUT2D eigenvalue weighted by Crippen LogP contribution is 2.38. The van der Waals surface area contributed by atoms with E-state index in [-0.39, 0.29) is 0 Å². The Morgan fingerprint density at radius 1 is 1.53 bits per heavy atom. The summed E-state index contributed by atoms with van der Waals surface area (Å²) < 4.78 is 2.34. The molecule has 0 aliphatic heterocycles. The Morgan fingerprint density at radius 3 is 2.93 bits per heavy atom. The fourth-order valence-electron chi connectivity index (χ4n) is 2.36. The quantitative estimate of drug-likeness (QED) is 0.750. The maximum Gasteiger partial charge on any atom is 0.105 e. The summed E-state index contributed by atoms with van der Waals surface area (Å²) in [5, 5.41) is 3.51. The lowest BCUT2D eigenvalue weighted by Gasteiger charge is -2.38. The van der Waals surface area contributed by atoms with Crippen LogP contribution in [0, 0.1) is 12.8 Å². The van der Waals surface area contributed by atoms with Crippen molar-refractivity contribution in [1.82, 2.24) is 14.9 Å². The maximum absolute atomic E-state index is 4.29. The van der Waals surface area contributed by atoms with Crippen LogP contribution in [0.1, 0.15) is 38.1 Å². The molecular weight excluding hydrogens is 186 g/mol. The molecule has 2 atom stereocenters. The van der Waals surface area contributed by atoms with Gasteiger partial charge >= 0.3 is 0 Å². The zero-order valence-electron chi connectivity index (χ0n) is 9.74. The monoisotopic (exact) mass is 207 g/mol. The van der Waals surface area contributed by atoms with Gasteiger partial charge in [0.25, 0.3) is 0 Å². The van der Waals surface area contributed by atoms with Crippen molar-refractivity contribution in [3.63, 3.8) is 0 Å². The van der Waals surface area contributed by atoms with E-state index in [1.807, 2.05) is 6.20 Å². The van der Waals surface area contributed by atoms with Gasteiger partial charge in [-0.15, -0.1) is 0 Å². The molecule has 1 aromatic heterocycles. The Morgan fingerprint density at radius 2 is 2.40 bits per heavy atom. The van der Waals surface area contributed by atoms with Crippen LogP contribution in [0.4, 0.5) is 0 Å². The van der Waals surface area contributed by atoms with E-state index in [2.05, 4.69) is 34.9 Å². The second-order valence-electron chi connectivity index (χ2n) is 4.49. The summed E-state index contributed by atoms with van der Waals surface area (Å²) in [4.78, 5) is 4.29. The van der Waals surface area contributed by atoms with Crippen molar-refractivity contribution < 1.29 is 0 Å². The first-order chi connectivity index (χ1) is 7.33. The highest BCUT2D eigenvalue weighted by molar-refractivity contribution is 4.98. The van der Waals surface area contributed by atoms with Gasteiger partial charge in [-0.3, -0.25) is 0 Å². The summed E-state index contributed by atoms with van der Waals surface area (Å²) in [7, 11) is 0. The Labute approximate surface area is 91.9 Å². The topological polar surface area (TPSA) is 29.9 Å². The first-order valence-electron chi connectivity index (χ1n) is 6.03. The van der Waals surface area contributed by atoms with E-state index in [9.17, 15) is 0 Å². The van der Waals surface area contributed by atoms with Gasteiger partial charge in [0.1, 0.15) is 5.82 Å². The second kappa shape index (κ2) is 4.79. The van der Waals surface area contributed by atoms with Crippen LogP contribution in [-0.2, 0) is 0 Å². The lowest BCUT2D eigenvalue weighted by molar-refractivity contribution is 0.175. The highest BCUT2D eigenvalue weighted by atomic mass is 15.1. The Hall–Kier alpha value is -0.830. The van der Waals surface area contributed by atoms with E-state index in [0.29, 0.717) is 6.04 Å². The molecule has 1 aromatic rings. The molecule has 1 fully saturated rings. The SMILES string of the molecule is CCCNCC1CCC1n1ccnc1C. The molecule has 0 aromatic carbocycles. The van der Waals surface area contributed by atoms with Crippen LogP contribution in [0.25, 0.3) is 0 Å². The summed E-state index contributed by atoms with van der Waals surface area (Å²) >= 11 is 0. The van der Waals surface area contributed by atoms with Crippen LogP contribution in [0.2, 0.25) is 0 Å². The Bertz CT molecular complexity index is 306. The molecule has 0 saturated heterocycles. The largest absolute Gasteiger partial charge is 0.332 e. The molecule has 3 heteroatoms. The summed E-state index contributed by atoms with van der Waals surface area (Å²) in [6, 6.07) is 0.692. The minimum atomic E-state index is 0.692. The molecule has 0 bridgehead atoms. The fourth-order valence-corrected chi connectivity index (χ4v) is 2.36. The number of aromatic nitrogens is 2. The first kappa shape index (κ1) is 10.7. The van der Waals surface area contributed by atoms with E-state index >= 15 is 0 Å². The molecule has 1 aliphatic rings. The van der Waals surface area contributed by atoms with Crippen molar-refractivity contribution in [3.8, 4) is 0 Å². The van der Waals surface area contributed by atoms with E-state index in [1.54, 1.807) is 0 Å². The molecular formula is C12H21N3. The first-order valence-corrected chi connectivity index (χ1v) is 6.03. The standard InChI is InChI=1S/C12H21N3/c1-3-6-13-9-11-4-5-12(11)15-8-7-14-10(15)2/h7-8,11-13H,3-6,9H2,1-2H3. The molecule has 1 aliphatic carbocycles. The van der Waals surface area contributed by atoms with Crippen molar-refractivity contribution in [2.75, 3.05) is 13.1 Å². The van der Waals surface area contributed by atoms with Crippen molar-refractivity contribution >= 4 is 0 Å². The average Bonchev–Trinajstić information content (AvgIpc) is 2.58. The van der Waals surface area contributed by atoms with Gasteiger partial charge in [-0.05, 0) is 45.2 Å². The van der Waals surface area contributed by atoms with Gasteiger partial charge in [0.05, 0.1) is 0 Å². The van der Waals surface area contributed by atoms with Crippen LogP contribution in [0.15, 0.2) is 12.4 Å². The third-order valence-electron chi connectivity index (χ3n) is 3.43. The van der Waals surface area contributed by atoms with Gasteiger partial charge in [0.2, 0.25) is 0 Å². The van der Waals surface area contributed by atoms with Crippen LogP contribution >= 0.6 is 0 Å². The van der Waals surface area contributed by atoms with E-state index in [1.165, 1.54) is 19.3 Å². The minimum Gasteiger partial charge on any atom is -0.332 e. The number of imidazole rings is 1. The number of aryl methyl sites for hydroxylation is 1. The molecule has 3 nitrogen and oxygen atoms in total. The predicted octanol–water partition coefficient (Wildman–Crippen LogP) is 2.14. The highest BCUT2D eigenvalue weighted by Gasteiger charge is 2.32. The smallest absolute Gasteiger partial charge is 0.105 e. The third kappa shape index (κ3) is 2.23. The van der Waals surface area contributed by atoms with Gasteiger partial charge in [0.15, 0.2) is 0 Å². The third-order valence-corrected chi connectivity index (χ3v) is 3.43. The number of hydrogen-bond donors (Lipinski definition) is 1. The van der Waals surface area contributed by atoms with E-state index in [0.717, 1.165) is 24.8 Å². The molecule has 1 N–H and O–H groups in total. The summed E-state index contributed by atoms with van der Waals surface area (Å²) in [5.41, 5.74) is 0. The zero-order valence-corrected chi connectivity index (χ0v) is 9.74. The van der Waals surface area contributed by atoms with Crippen LogP contribution in [-0.4, -0.2) is 22.6 Å².